The Labute approximate surface area is 218 Å². The highest BCUT2D eigenvalue weighted by Gasteiger charge is 2.73. The Kier molecular flexibility index (Phi) is 5.00. The molecule has 37 heavy (non-hydrogen) atoms. The lowest BCUT2D eigenvalue weighted by molar-refractivity contribution is -0.199. The van der Waals surface area contributed by atoms with Crippen molar-refractivity contribution in [1.29, 1.82) is 0 Å². The van der Waals surface area contributed by atoms with Gasteiger partial charge in [-0.05, 0) is 81.7 Å². The lowest BCUT2D eigenvalue weighted by Gasteiger charge is -2.64. The number of likely N-dealkylation sites (tertiary alicyclic amines) is 1. The zero-order chi connectivity index (χ0) is 25.5. The summed E-state index contributed by atoms with van der Waals surface area (Å²) in [6.45, 7) is 3.97. The summed E-state index contributed by atoms with van der Waals surface area (Å²) < 4.78 is 6.59. The molecular weight excluding hydrogens is 464 g/mol. The zero-order valence-electron chi connectivity index (χ0n) is 21.5. The van der Waals surface area contributed by atoms with E-state index in [0.717, 1.165) is 48.5 Å². The Morgan fingerprint density at radius 3 is 2.70 bits per heavy atom. The summed E-state index contributed by atoms with van der Waals surface area (Å²) in [7, 11) is 1.80. The molecule has 2 N–H and O–H groups in total. The molecule has 0 unspecified atom stereocenters. The van der Waals surface area contributed by atoms with E-state index < -0.39 is 17.1 Å². The number of aromatic hydroxyl groups is 1. The number of likely N-dealkylation sites (N-methyl/N-ethyl adjacent to an activating group) is 1. The van der Waals surface area contributed by atoms with Gasteiger partial charge in [0.2, 0.25) is 0 Å². The van der Waals surface area contributed by atoms with E-state index in [1.165, 1.54) is 18.4 Å². The molecule has 5 aliphatic rings. The van der Waals surface area contributed by atoms with Crippen molar-refractivity contribution in [3.63, 3.8) is 0 Å². The van der Waals surface area contributed by atoms with Crippen LogP contribution >= 0.6 is 0 Å². The fraction of sp³-hybridized carbons (Fsp3) is 0.516. The standard InChI is InChI=1S/C31H34N2O4/c1-19-3-5-20(6-4-19)9-12-26(35)32(2)23-13-14-31(36)25-17-22-10-11-24(34)28-27(22)30(31,29(23)37-28)15-16-33(25)18-21-7-8-21/h3-6,10-11,21,23,25,29,34,36H,7-8,13-18H2,1-2H3/t23-,25-,29-,30-,31+/m0/s1. The smallest absolute Gasteiger partial charge is 0.298 e. The number of aryl methyl sites for hydroxylation is 1. The van der Waals surface area contributed by atoms with E-state index in [1.54, 1.807) is 18.0 Å². The van der Waals surface area contributed by atoms with Crippen molar-refractivity contribution in [3.8, 4) is 23.3 Å². The molecule has 0 aromatic heterocycles. The first-order valence-corrected chi connectivity index (χ1v) is 13.7. The molecule has 3 fully saturated rings. The number of piperidine rings is 1. The van der Waals surface area contributed by atoms with E-state index in [0.29, 0.717) is 18.6 Å². The Morgan fingerprint density at radius 1 is 1.16 bits per heavy atom. The highest BCUT2D eigenvalue weighted by atomic mass is 16.5. The van der Waals surface area contributed by atoms with E-state index in [9.17, 15) is 15.0 Å². The molecule has 192 valence electrons. The molecule has 2 heterocycles. The first-order valence-electron chi connectivity index (χ1n) is 13.7. The normalized spacial score (nSPS) is 33.1. The number of phenols is 1. The number of phenolic OH excluding ortho intramolecular Hbond substituents is 1. The van der Waals surface area contributed by atoms with Crippen LogP contribution in [-0.2, 0) is 16.6 Å². The van der Waals surface area contributed by atoms with Gasteiger partial charge in [-0.25, -0.2) is 0 Å². The van der Waals surface area contributed by atoms with Crippen molar-refractivity contribution in [2.45, 2.75) is 74.7 Å². The van der Waals surface area contributed by atoms with Gasteiger partial charge in [-0.1, -0.05) is 29.7 Å². The molecule has 2 saturated carbocycles. The minimum Gasteiger partial charge on any atom is -0.504 e. The predicted octanol–water partition coefficient (Wildman–Crippen LogP) is 3.14. The molecule has 2 aliphatic heterocycles. The molecule has 6 heteroatoms. The number of carbonyl (C=O) groups excluding carboxylic acids is 1. The summed E-state index contributed by atoms with van der Waals surface area (Å²) in [5.41, 5.74) is 2.52. The maximum absolute atomic E-state index is 13.3. The van der Waals surface area contributed by atoms with Crippen molar-refractivity contribution in [3.05, 3.63) is 58.7 Å². The lowest BCUT2D eigenvalue weighted by atomic mass is 9.48. The molecule has 1 spiro atoms. The van der Waals surface area contributed by atoms with E-state index in [1.807, 2.05) is 37.3 Å². The average Bonchev–Trinajstić information content (AvgIpc) is 3.63. The van der Waals surface area contributed by atoms with Crippen LogP contribution in [0.5, 0.6) is 11.5 Å². The number of ether oxygens (including phenoxy) is 1. The zero-order valence-corrected chi connectivity index (χ0v) is 21.5. The van der Waals surface area contributed by atoms with Gasteiger partial charge >= 0.3 is 0 Å². The van der Waals surface area contributed by atoms with Gasteiger partial charge in [0.1, 0.15) is 6.10 Å². The number of rotatable bonds is 3. The average molecular weight is 499 g/mol. The Hall–Kier alpha value is -3.01. The summed E-state index contributed by atoms with van der Waals surface area (Å²) in [6.07, 6.45) is 4.90. The summed E-state index contributed by atoms with van der Waals surface area (Å²) in [5, 5.41) is 23.4. The van der Waals surface area contributed by atoms with Crippen LogP contribution < -0.4 is 4.74 Å². The maximum atomic E-state index is 13.3. The second-order valence-electron chi connectivity index (χ2n) is 11.9. The van der Waals surface area contributed by atoms with Gasteiger partial charge in [0, 0.05) is 36.7 Å². The van der Waals surface area contributed by atoms with Gasteiger partial charge in [-0.2, -0.15) is 0 Å². The van der Waals surface area contributed by atoms with Crippen LogP contribution in [0.15, 0.2) is 36.4 Å². The largest absolute Gasteiger partial charge is 0.504 e. The molecule has 2 bridgehead atoms. The van der Waals surface area contributed by atoms with Crippen molar-refractivity contribution < 1.29 is 19.7 Å². The van der Waals surface area contributed by atoms with Crippen LogP contribution in [0.1, 0.15) is 54.4 Å². The van der Waals surface area contributed by atoms with Crippen LogP contribution in [0.25, 0.3) is 0 Å². The fourth-order valence-corrected chi connectivity index (χ4v) is 7.85. The molecule has 6 nitrogen and oxygen atoms in total. The Morgan fingerprint density at radius 2 is 1.95 bits per heavy atom. The number of hydrogen-bond donors (Lipinski definition) is 2. The first-order chi connectivity index (χ1) is 17.8. The molecule has 3 aliphatic carbocycles. The molecule has 0 radical (unpaired) electrons. The lowest BCUT2D eigenvalue weighted by Crippen LogP contribution is -2.78. The van der Waals surface area contributed by atoms with Crippen molar-refractivity contribution >= 4 is 5.91 Å². The third-order valence-corrected chi connectivity index (χ3v) is 9.91. The van der Waals surface area contributed by atoms with Crippen LogP contribution in [0, 0.1) is 24.7 Å². The molecule has 2 aromatic carbocycles. The topological polar surface area (TPSA) is 73.2 Å². The molecular formula is C31H34N2O4. The maximum Gasteiger partial charge on any atom is 0.298 e. The molecule has 5 atom stereocenters. The number of aliphatic hydroxyl groups is 1. The van der Waals surface area contributed by atoms with Gasteiger partial charge in [-0.3, -0.25) is 9.69 Å². The van der Waals surface area contributed by atoms with Crippen molar-refractivity contribution in [2.75, 3.05) is 20.1 Å². The predicted molar refractivity (Wildman–Crippen MR) is 139 cm³/mol. The van der Waals surface area contributed by atoms with Crippen LogP contribution in [0.2, 0.25) is 0 Å². The number of hydrogen-bond acceptors (Lipinski definition) is 5. The third kappa shape index (κ3) is 3.23. The van der Waals surface area contributed by atoms with Crippen LogP contribution in [0.4, 0.5) is 0 Å². The summed E-state index contributed by atoms with van der Waals surface area (Å²) in [6, 6.07) is 11.4. The van der Waals surface area contributed by atoms with Gasteiger partial charge in [0.05, 0.1) is 17.1 Å². The summed E-state index contributed by atoms with van der Waals surface area (Å²) in [4.78, 5) is 17.5. The van der Waals surface area contributed by atoms with E-state index in [4.69, 9.17) is 4.74 Å². The minimum atomic E-state index is -0.954. The highest BCUT2D eigenvalue weighted by molar-refractivity contribution is 5.94. The molecule has 2 aromatic rings. The Balaban J connectivity index is 1.25. The summed E-state index contributed by atoms with van der Waals surface area (Å²) >= 11 is 0. The highest BCUT2D eigenvalue weighted by Crippen LogP contribution is 2.66. The van der Waals surface area contributed by atoms with E-state index in [-0.39, 0.29) is 23.7 Å². The van der Waals surface area contributed by atoms with E-state index in [2.05, 4.69) is 16.7 Å². The van der Waals surface area contributed by atoms with Crippen LogP contribution in [0.3, 0.4) is 0 Å². The fourth-order valence-electron chi connectivity index (χ4n) is 7.85. The quantitative estimate of drug-likeness (QED) is 0.637. The van der Waals surface area contributed by atoms with Crippen LogP contribution in [-0.4, -0.2) is 69.8 Å². The van der Waals surface area contributed by atoms with Crippen molar-refractivity contribution in [1.82, 2.24) is 9.80 Å². The molecule has 1 saturated heterocycles. The first kappa shape index (κ1) is 23.1. The number of benzene rings is 2. The van der Waals surface area contributed by atoms with Gasteiger partial charge in [0.25, 0.3) is 5.91 Å². The SMILES string of the molecule is Cc1ccc(C#CC(=O)N(C)[C@H]2CC[C@@]3(O)[C@@H]4Cc5ccc(O)c6c5[C@@]3(CCN4CC3CC3)[C@H]2O6)cc1. The second-order valence-corrected chi connectivity index (χ2v) is 11.9. The van der Waals surface area contributed by atoms with Gasteiger partial charge in [-0.15, -0.1) is 0 Å². The van der Waals surface area contributed by atoms with E-state index >= 15 is 0 Å². The van der Waals surface area contributed by atoms with Gasteiger partial charge < -0.3 is 19.8 Å². The molecule has 7 rings (SSSR count). The minimum absolute atomic E-state index is 0.0271. The summed E-state index contributed by atoms with van der Waals surface area (Å²) in [5.74, 6) is 6.95. The number of carbonyl (C=O) groups is 1. The van der Waals surface area contributed by atoms with Crippen molar-refractivity contribution in [2.24, 2.45) is 5.92 Å². The number of amides is 1. The monoisotopic (exact) mass is 498 g/mol. The second kappa shape index (κ2) is 7.99. The Bertz CT molecular complexity index is 1340. The molecule has 1 amide bonds. The number of nitrogens with zero attached hydrogens (tertiary/aromatic N) is 2. The third-order valence-electron chi connectivity index (χ3n) is 9.91. The van der Waals surface area contributed by atoms with Gasteiger partial charge in [0.15, 0.2) is 11.5 Å².